The maximum atomic E-state index is 12.3. The average Bonchev–Trinajstić information content (AvgIpc) is 2.98. The van der Waals surface area contributed by atoms with Crippen LogP contribution in [-0.4, -0.2) is 46.1 Å². The summed E-state index contributed by atoms with van der Waals surface area (Å²) in [6, 6.07) is -0.718. The molecule has 0 aliphatic carbocycles. The van der Waals surface area contributed by atoms with Gasteiger partial charge in [0.1, 0.15) is 0 Å². The molecule has 5 heteroatoms. The van der Waals surface area contributed by atoms with E-state index in [-0.39, 0.29) is 18.9 Å². The molecule has 0 rings (SSSR count). The zero-order chi connectivity index (χ0) is 30.9. The van der Waals surface area contributed by atoms with Crippen LogP contribution < -0.4 is 5.32 Å². The van der Waals surface area contributed by atoms with Crippen molar-refractivity contribution in [2.24, 2.45) is 0 Å². The van der Waals surface area contributed by atoms with Crippen LogP contribution in [0.25, 0.3) is 0 Å². The van der Waals surface area contributed by atoms with E-state index in [0.717, 1.165) is 38.5 Å². The van der Waals surface area contributed by atoms with Crippen molar-refractivity contribution < 1.29 is 20.1 Å². The SMILES string of the molecule is CC/C=C\C/C=C\C/C=C\C/C=C\C=C\C(O)CCCC(=O)N[C@@H](CO)[C@H](O)/C=C/CCCCCCCCCCCC. The van der Waals surface area contributed by atoms with Gasteiger partial charge in [-0.15, -0.1) is 0 Å². The van der Waals surface area contributed by atoms with Gasteiger partial charge in [0.25, 0.3) is 0 Å². The van der Waals surface area contributed by atoms with Crippen LogP contribution in [0.2, 0.25) is 0 Å². The van der Waals surface area contributed by atoms with E-state index in [1.165, 1.54) is 57.8 Å². The lowest BCUT2D eigenvalue weighted by Crippen LogP contribution is -2.45. The van der Waals surface area contributed by atoms with Gasteiger partial charge in [-0.05, 0) is 51.4 Å². The first kappa shape index (κ1) is 39.8. The standard InChI is InChI=1S/C37H63NO4/c1-3-5-7-9-11-13-15-17-18-20-22-24-26-29-34(40)30-28-32-37(42)38-35(33-39)36(41)31-27-25-23-21-19-16-14-12-10-8-6-4-2/h5,7,11,13,17-18,22,24,26-27,29,31,34-36,39-41H,3-4,6,8-10,12,14-16,19-21,23,25,28,30,32-33H2,1-2H3,(H,38,42)/b7-5-,13-11-,18-17-,24-22-,29-26+,31-27+/t34?,35-,36+/m0/s1. The summed E-state index contributed by atoms with van der Waals surface area (Å²) in [5.74, 6) is -0.230. The maximum absolute atomic E-state index is 12.3. The molecule has 0 aromatic rings. The lowest BCUT2D eigenvalue weighted by atomic mass is 10.1. The summed E-state index contributed by atoms with van der Waals surface area (Å²) in [7, 11) is 0. The Hall–Kier alpha value is -2.21. The van der Waals surface area contributed by atoms with Crippen LogP contribution in [0.3, 0.4) is 0 Å². The number of aliphatic hydroxyl groups excluding tert-OH is 3. The second kappa shape index (κ2) is 31.7. The molecule has 0 aromatic carbocycles. The molecule has 0 bridgehead atoms. The van der Waals surface area contributed by atoms with E-state index >= 15 is 0 Å². The molecule has 0 fully saturated rings. The van der Waals surface area contributed by atoms with Gasteiger partial charge in [0.2, 0.25) is 5.91 Å². The molecular formula is C37H63NO4. The van der Waals surface area contributed by atoms with Crippen LogP contribution in [0.15, 0.2) is 72.9 Å². The second-order valence-corrected chi connectivity index (χ2v) is 11.0. The van der Waals surface area contributed by atoms with Gasteiger partial charge in [0.05, 0.1) is 24.9 Å². The molecule has 3 atom stereocenters. The van der Waals surface area contributed by atoms with Crippen molar-refractivity contribution in [3.63, 3.8) is 0 Å². The Bertz CT molecular complexity index is 781. The molecule has 0 aromatic heterocycles. The summed E-state index contributed by atoms with van der Waals surface area (Å²) >= 11 is 0. The lowest BCUT2D eigenvalue weighted by Gasteiger charge is -2.20. The molecule has 42 heavy (non-hydrogen) atoms. The average molecular weight is 586 g/mol. The van der Waals surface area contributed by atoms with Crippen molar-refractivity contribution in [2.75, 3.05) is 6.61 Å². The summed E-state index contributed by atoms with van der Waals surface area (Å²) in [5, 5.41) is 32.8. The van der Waals surface area contributed by atoms with Crippen LogP contribution in [0.1, 0.15) is 129 Å². The molecular weight excluding hydrogens is 522 g/mol. The normalized spacial score (nSPS) is 14.9. The topological polar surface area (TPSA) is 89.8 Å². The van der Waals surface area contributed by atoms with Gasteiger partial charge in [-0.2, -0.15) is 0 Å². The number of rotatable bonds is 28. The first-order valence-corrected chi connectivity index (χ1v) is 16.8. The maximum Gasteiger partial charge on any atom is 0.220 e. The van der Waals surface area contributed by atoms with Crippen LogP contribution in [0.5, 0.6) is 0 Å². The molecule has 0 aliphatic rings. The molecule has 0 spiro atoms. The van der Waals surface area contributed by atoms with E-state index in [9.17, 15) is 20.1 Å². The minimum absolute atomic E-state index is 0.230. The molecule has 0 heterocycles. The van der Waals surface area contributed by atoms with Crippen LogP contribution in [-0.2, 0) is 4.79 Å². The highest BCUT2D eigenvalue weighted by Crippen LogP contribution is 2.12. The van der Waals surface area contributed by atoms with Crippen molar-refractivity contribution in [2.45, 2.75) is 148 Å². The fourth-order valence-corrected chi connectivity index (χ4v) is 4.44. The van der Waals surface area contributed by atoms with Gasteiger partial charge >= 0.3 is 0 Å². The number of aliphatic hydroxyl groups is 3. The smallest absolute Gasteiger partial charge is 0.220 e. The van der Waals surface area contributed by atoms with Crippen molar-refractivity contribution in [1.29, 1.82) is 0 Å². The number of unbranched alkanes of at least 4 members (excludes halogenated alkanes) is 10. The predicted molar refractivity (Wildman–Crippen MR) is 180 cm³/mol. The van der Waals surface area contributed by atoms with Crippen molar-refractivity contribution >= 4 is 5.91 Å². The van der Waals surface area contributed by atoms with E-state index in [4.69, 9.17) is 0 Å². The highest BCUT2D eigenvalue weighted by Gasteiger charge is 2.18. The van der Waals surface area contributed by atoms with Gasteiger partial charge in [-0.3, -0.25) is 4.79 Å². The molecule has 4 N–H and O–H groups in total. The number of amides is 1. The first-order chi connectivity index (χ1) is 20.5. The van der Waals surface area contributed by atoms with Crippen molar-refractivity contribution in [1.82, 2.24) is 5.32 Å². The molecule has 0 radical (unpaired) electrons. The van der Waals surface area contributed by atoms with Gasteiger partial charge < -0.3 is 20.6 Å². The van der Waals surface area contributed by atoms with Crippen LogP contribution in [0.4, 0.5) is 0 Å². The number of hydrogen-bond acceptors (Lipinski definition) is 4. The summed E-state index contributed by atoms with van der Waals surface area (Å²) in [6.45, 7) is 4.06. The number of allylic oxidation sites excluding steroid dienone is 10. The van der Waals surface area contributed by atoms with E-state index in [1.807, 2.05) is 24.3 Å². The molecule has 1 amide bonds. The van der Waals surface area contributed by atoms with Gasteiger partial charge in [-0.1, -0.05) is 145 Å². The third-order valence-corrected chi connectivity index (χ3v) is 7.05. The van der Waals surface area contributed by atoms with Crippen LogP contribution >= 0.6 is 0 Å². The Labute approximate surface area is 258 Å². The van der Waals surface area contributed by atoms with Crippen LogP contribution in [0, 0.1) is 0 Å². The van der Waals surface area contributed by atoms with Crippen molar-refractivity contribution in [3.05, 3.63) is 72.9 Å². The Balaban J connectivity index is 3.95. The van der Waals surface area contributed by atoms with E-state index in [1.54, 1.807) is 12.2 Å². The Morgan fingerprint density at radius 1 is 0.667 bits per heavy atom. The molecule has 5 nitrogen and oxygen atoms in total. The summed E-state index contributed by atoms with van der Waals surface area (Å²) in [5.41, 5.74) is 0. The van der Waals surface area contributed by atoms with E-state index < -0.39 is 18.2 Å². The predicted octanol–water partition coefficient (Wildman–Crippen LogP) is 8.58. The quantitative estimate of drug-likeness (QED) is 0.0420. The minimum Gasteiger partial charge on any atom is -0.394 e. The van der Waals surface area contributed by atoms with Crippen molar-refractivity contribution in [3.8, 4) is 0 Å². The van der Waals surface area contributed by atoms with Gasteiger partial charge in [0, 0.05) is 6.42 Å². The molecule has 0 saturated carbocycles. The molecule has 240 valence electrons. The molecule has 0 aliphatic heterocycles. The Morgan fingerprint density at radius 2 is 1.24 bits per heavy atom. The summed E-state index contributed by atoms with van der Waals surface area (Å²) < 4.78 is 0. The Morgan fingerprint density at radius 3 is 1.83 bits per heavy atom. The fourth-order valence-electron chi connectivity index (χ4n) is 4.44. The zero-order valence-electron chi connectivity index (χ0n) is 26.8. The third-order valence-electron chi connectivity index (χ3n) is 7.05. The second-order valence-electron chi connectivity index (χ2n) is 11.0. The number of hydrogen-bond donors (Lipinski definition) is 4. The zero-order valence-corrected chi connectivity index (χ0v) is 26.8. The number of carbonyl (C=O) groups excluding carboxylic acids is 1. The number of nitrogens with one attached hydrogen (secondary N) is 1. The van der Waals surface area contributed by atoms with Gasteiger partial charge in [0.15, 0.2) is 0 Å². The highest BCUT2D eigenvalue weighted by atomic mass is 16.3. The third kappa shape index (κ3) is 27.9. The largest absolute Gasteiger partial charge is 0.394 e. The molecule has 1 unspecified atom stereocenters. The monoisotopic (exact) mass is 585 g/mol. The lowest BCUT2D eigenvalue weighted by molar-refractivity contribution is -0.123. The van der Waals surface area contributed by atoms with Gasteiger partial charge in [-0.25, -0.2) is 0 Å². The highest BCUT2D eigenvalue weighted by molar-refractivity contribution is 5.76. The van der Waals surface area contributed by atoms with E-state index in [2.05, 4.69) is 55.6 Å². The Kier molecular flexibility index (Phi) is 30.1. The minimum atomic E-state index is -0.915. The number of carbonyl (C=O) groups is 1. The summed E-state index contributed by atoms with van der Waals surface area (Å²) in [6.07, 6.45) is 41.5. The first-order valence-electron chi connectivity index (χ1n) is 16.8. The fraction of sp³-hybridized carbons (Fsp3) is 0.649. The molecule has 0 saturated heterocycles. The van der Waals surface area contributed by atoms with E-state index in [0.29, 0.717) is 12.8 Å². The summed E-state index contributed by atoms with van der Waals surface area (Å²) in [4.78, 5) is 12.3.